The number of amides is 1. The quantitative estimate of drug-likeness (QED) is 0.842. The lowest BCUT2D eigenvalue weighted by Gasteiger charge is -2.23. The number of carbonyl (C=O) groups is 2. The Morgan fingerprint density at radius 2 is 2.25 bits per heavy atom. The average molecular weight is 239 g/mol. The van der Waals surface area contributed by atoms with Gasteiger partial charge in [-0.3, -0.25) is 4.79 Å². The minimum absolute atomic E-state index is 0.0920. The third kappa shape index (κ3) is 2.41. The Morgan fingerprint density at radius 1 is 1.50 bits per heavy atom. The first-order valence-corrected chi connectivity index (χ1v) is 6.13. The molecule has 5 heteroatoms. The molecule has 1 aliphatic rings. The van der Waals surface area contributed by atoms with Crippen molar-refractivity contribution in [2.24, 2.45) is 5.92 Å². The second kappa shape index (κ2) is 4.65. The lowest BCUT2D eigenvalue weighted by atomic mass is 9.85. The van der Waals surface area contributed by atoms with E-state index in [2.05, 4.69) is 5.32 Å². The number of thiophene rings is 1. The van der Waals surface area contributed by atoms with E-state index in [9.17, 15) is 9.59 Å². The lowest BCUT2D eigenvalue weighted by molar-refractivity contribution is -0.127. The summed E-state index contributed by atoms with van der Waals surface area (Å²) in [6, 6.07) is 1.61. The van der Waals surface area contributed by atoms with E-state index in [1.165, 1.54) is 11.3 Å². The molecule has 4 nitrogen and oxygen atoms in total. The standard InChI is InChI=1S/C11H13NO3S/c13-10(8-2-1-3-8)12-5-7-4-9(11(14)15)16-6-7/h4,6,8H,1-3,5H2,(H,12,13)(H,14,15). The van der Waals surface area contributed by atoms with Gasteiger partial charge in [0.15, 0.2) is 0 Å². The van der Waals surface area contributed by atoms with E-state index >= 15 is 0 Å². The van der Waals surface area contributed by atoms with E-state index in [1.807, 2.05) is 0 Å². The SMILES string of the molecule is O=C(O)c1cc(CNC(=O)C2CCC2)cs1. The molecule has 1 aromatic heterocycles. The minimum atomic E-state index is -0.915. The van der Waals surface area contributed by atoms with Crippen LogP contribution in [0.3, 0.4) is 0 Å². The number of rotatable bonds is 4. The molecule has 0 radical (unpaired) electrons. The van der Waals surface area contributed by atoms with Crippen LogP contribution < -0.4 is 5.32 Å². The van der Waals surface area contributed by atoms with Gasteiger partial charge in [-0.1, -0.05) is 6.42 Å². The van der Waals surface area contributed by atoms with Gasteiger partial charge in [-0.25, -0.2) is 4.79 Å². The molecule has 1 amide bonds. The summed E-state index contributed by atoms with van der Waals surface area (Å²) < 4.78 is 0. The van der Waals surface area contributed by atoms with Gasteiger partial charge in [-0.05, 0) is 29.9 Å². The molecule has 1 aliphatic carbocycles. The van der Waals surface area contributed by atoms with Gasteiger partial charge in [0.05, 0.1) is 0 Å². The fraction of sp³-hybridized carbons (Fsp3) is 0.455. The summed E-state index contributed by atoms with van der Waals surface area (Å²) in [4.78, 5) is 22.5. The van der Waals surface area contributed by atoms with Crippen molar-refractivity contribution in [2.75, 3.05) is 0 Å². The third-order valence-corrected chi connectivity index (χ3v) is 3.77. The second-order valence-corrected chi connectivity index (χ2v) is 4.88. The summed E-state index contributed by atoms with van der Waals surface area (Å²) in [6.45, 7) is 0.430. The normalized spacial score (nSPS) is 15.5. The number of hydrogen-bond donors (Lipinski definition) is 2. The number of carboxylic acids is 1. The van der Waals surface area contributed by atoms with E-state index in [-0.39, 0.29) is 11.8 Å². The van der Waals surface area contributed by atoms with Gasteiger partial charge in [0, 0.05) is 12.5 Å². The highest BCUT2D eigenvalue weighted by Gasteiger charge is 2.24. The van der Waals surface area contributed by atoms with Crippen LogP contribution in [0.2, 0.25) is 0 Å². The van der Waals surface area contributed by atoms with Crippen molar-refractivity contribution in [3.8, 4) is 0 Å². The van der Waals surface area contributed by atoms with E-state index in [0.717, 1.165) is 24.8 Å². The Kier molecular flexibility index (Phi) is 3.24. The van der Waals surface area contributed by atoms with Gasteiger partial charge in [0.1, 0.15) is 4.88 Å². The van der Waals surface area contributed by atoms with Crippen LogP contribution in [-0.2, 0) is 11.3 Å². The van der Waals surface area contributed by atoms with E-state index in [1.54, 1.807) is 11.4 Å². The highest BCUT2D eigenvalue weighted by atomic mass is 32.1. The zero-order valence-electron chi connectivity index (χ0n) is 8.73. The van der Waals surface area contributed by atoms with Crippen LogP contribution in [0.4, 0.5) is 0 Å². The monoisotopic (exact) mass is 239 g/mol. The molecular formula is C11H13NO3S. The second-order valence-electron chi connectivity index (χ2n) is 3.97. The summed E-state index contributed by atoms with van der Waals surface area (Å²) >= 11 is 1.19. The molecule has 0 bridgehead atoms. The Balaban J connectivity index is 1.84. The summed E-state index contributed by atoms with van der Waals surface area (Å²) in [6.07, 6.45) is 3.10. The fourth-order valence-electron chi connectivity index (χ4n) is 1.58. The molecule has 0 saturated heterocycles. The molecule has 0 unspecified atom stereocenters. The largest absolute Gasteiger partial charge is 0.477 e. The molecule has 0 aliphatic heterocycles. The van der Waals surface area contributed by atoms with Crippen LogP contribution in [0.15, 0.2) is 11.4 Å². The number of carboxylic acid groups (broad SMARTS) is 1. The summed E-state index contributed by atoms with van der Waals surface area (Å²) in [5.74, 6) is -0.645. The average Bonchev–Trinajstić information content (AvgIpc) is 2.60. The summed E-state index contributed by atoms with van der Waals surface area (Å²) in [5, 5.41) is 13.3. The third-order valence-electron chi connectivity index (χ3n) is 2.81. The van der Waals surface area contributed by atoms with Crippen LogP contribution in [0.5, 0.6) is 0 Å². The van der Waals surface area contributed by atoms with Gasteiger partial charge in [0.2, 0.25) is 5.91 Å². The number of hydrogen-bond acceptors (Lipinski definition) is 3. The maximum Gasteiger partial charge on any atom is 0.345 e. The van der Waals surface area contributed by atoms with Crippen molar-refractivity contribution in [2.45, 2.75) is 25.8 Å². The first kappa shape index (κ1) is 11.1. The van der Waals surface area contributed by atoms with Crippen molar-refractivity contribution in [3.63, 3.8) is 0 Å². The Bertz CT molecular complexity index is 409. The van der Waals surface area contributed by atoms with Crippen molar-refractivity contribution < 1.29 is 14.7 Å². The van der Waals surface area contributed by atoms with Gasteiger partial charge >= 0.3 is 5.97 Å². The highest BCUT2D eigenvalue weighted by Crippen LogP contribution is 2.26. The Hall–Kier alpha value is -1.36. The molecule has 1 fully saturated rings. The van der Waals surface area contributed by atoms with Crippen LogP contribution >= 0.6 is 11.3 Å². The van der Waals surface area contributed by atoms with Crippen LogP contribution in [-0.4, -0.2) is 17.0 Å². The number of carbonyl (C=O) groups excluding carboxylic acids is 1. The molecule has 2 rings (SSSR count). The van der Waals surface area contributed by atoms with Gasteiger partial charge < -0.3 is 10.4 Å². The highest BCUT2D eigenvalue weighted by molar-refractivity contribution is 7.12. The molecule has 16 heavy (non-hydrogen) atoms. The predicted molar refractivity (Wildman–Crippen MR) is 60.5 cm³/mol. The molecule has 2 N–H and O–H groups in total. The van der Waals surface area contributed by atoms with Crippen molar-refractivity contribution in [1.29, 1.82) is 0 Å². The predicted octanol–water partition coefficient (Wildman–Crippen LogP) is 1.86. The molecule has 1 aromatic rings. The fourth-order valence-corrected chi connectivity index (χ4v) is 2.33. The molecule has 0 spiro atoms. The maximum absolute atomic E-state index is 11.5. The molecular weight excluding hydrogens is 226 g/mol. The summed E-state index contributed by atoms with van der Waals surface area (Å²) in [5.41, 5.74) is 0.857. The molecule has 1 saturated carbocycles. The molecule has 1 heterocycles. The molecule has 86 valence electrons. The topological polar surface area (TPSA) is 66.4 Å². The summed E-state index contributed by atoms with van der Waals surface area (Å²) in [7, 11) is 0. The Labute approximate surface area is 97.3 Å². The van der Waals surface area contributed by atoms with Gasteiger partial charge in [0.25, 0.3) is 0 Å². The van der Waals surface area contributed by atoms with Crippen LogP contribution in [0, 0.1) is 5.92 Å². The van der Waals surface area contributed by atoms with E-state index < -0.39 is 5.97 Å². The first-order valence-electron chi connectivity index (χ1n) is 5.25. The van der Waals surface area contributed by atoms with Gasteiger partial charge in [-0.15, -0.1) is 11.3 Å². The van der Waals surface area contributed by atoms with Crippen molar-refractivity contribution >= 4 is 23.2 Å². The van der Waals surface area contributed by atoms with Crippen LogP contribution in [0.25, 0.3) is 0 Å². The first-order chi connectivity index (χ1) is 7.66. The maximum atomic E-state index is 11.5. The smallest absolute Gasteiger partial charge is 0.345 e. The number of aromatic carboxylic acids is 1. The lowest BCUT2D eigenvalue weighted by Crippen LogP contribution is -2.33. The van der Waals surface area contributed by atoms with Gasteiger partial charge in [-0.2, -0.15) is 0 Å². The van der Waals surface area contributed by atoms with Crippen LogP contribution in [0.1, 0.15) is 34.5 Å². The minimum Gasteiger partial charge on any atom is -0.477 e. The van der Waals surface area contributed by atoms with E-state index in [0.29, 0.717) is 11.4 Å². The van der Waals surface area contributed by atoms with Crippen molar-refractivity contribution in [1.82, 2.24) is 5.32 Å². The zero-order valence-corrected chi connectivity index (χ0v) is 9.55. The number of nitrogens with one attached hydrogen (secondary N) is 1. The van der Waals surface area contributed by atoms with Crippen molar-refractivity contribution in [3.05, 3.63) is 21.9 Å². The molecule has 0 atom stereocenters. The van der Waals surface area contributed by atoms with E-state index in [4.69, 9.17) is 5.11 Å². The molecule has 0 aromatic carbocycles. The Morgan fingerprint density at radius 3 is 2.75 bits per heavy atom. The zero-order chi connectivity index (χ0) is 11.5.